The fourth-order valence-electron chi connectivity index (χ4n) is 2.87. The van der Waals surface area contributed by atoms with Gasteiger partial charge in [0.05, 0.1) is 5.60 Å². The van der Waals surface area contributed by atoms with Gasteiger partial charge in [-0.1, -0.05) is 0 Å². The van der Waals surface area contributed by atoms with Gasteiger partial charge in [0.15, 0.2) is 6.29 Å². The fourth-order valence-corrected chi connectivity index (χ4v) is 2.87. The molecule has 1 aliphatic carbocycles. The molecule has 4 nitrogen and oxygen atoms in total. The van der Waals surface area contributed by atoms with Crippen LogP contribution in [0.2, 0.25) is 0 Å². The van der Waals surface area contributed by atoms with Gasteiger partial charge in [0.2, 0.25) is 0 Å². The van der Waals surface area contributed by atoms with Crippen molar-refractivity contribution in [1.29, 1.82) is 0 Å². The molecule has 1 aromatic heterocycles. The van der Waals surface area contributed by atoms with Crippen molar-refractivity contribution < 1.29 is 9.53 Å². The molecule has 3 rings (SSSR count). The third-order valence-electron chi connectivity index (χ3n) is 4.18. The Morgan fingerprint density at radius 2 is 2.26 bits per heavy atom. The predicted molar refractivity (Wildman–Crippen MR) is 72.3 cm³/mol. The first kappa shape index (κ1) is 12.8. The maximum absolute atomic E-state index is 10.8. The van der Waals surface area contributed by atoms with Gasteiger partial charge in [-0.15, -0.1) is 0 Å². The molecule has 1 saturated carbocycles. The van der Waals surface area contributed by atoms with Gasteiger partial charge in [-0.25, -0.2) is 0 Å². The van der Waals surface area contributed by atoms with Crippen LogP contribution in [0.15, 0.2) is 12.3 Å². The summed E-state index contributed by atoms with van der Waals surface area (Å²) in [5.41, 5.74) is 3.15. The summed E-state index contributed by atoms with van der Waals surface area (Å²) < 4.78 is 5.46. The van der Waals surface area contributed by atoms with E-state index in [1.807, 2.05) is 12.3 Å². The molecule has 2 fully saturated rings. The number of hydrogen-bond donors (Lipinski definition) is 0. The van der Waals surface area contributed by atoms with Gasteiger partial charge in [-0.2, -0.15) is 0 Å². The highest BCUT2D eigenvalue weighted by Gasteiger charge is 2.39. The highest BCUT2D eigenvalue weighted by molar-refractivity contribution is 5.72. The molecule has 0 bridgehead atoms. The summed E-state index contributed by atoms with van der Waals surface area (Å²) in [5.74, 6) is 0.645. The van der Waals surface area contributed by atoms with Crippen LogP contribution in [0.3, 0.4) is 0 Å². The van der Waals surface area contributed by atoms with Gasteiger partial charge >= 0.3 is 0 Å². The Morgan fingerprint density at radius 3 is 2.84 bits per heavy atom. The molecule has 2 heterocycles. The number of aromatic nitrogens is 1. The van der Waals surface area contributed by atoms with Crippen LogP contribution >= 0.6 is 0 Å². The maximum atomic E-state index is 10.8. The van der Waals surface area contributed by atoms with Crippen molar-refractivity contribution in [3.8, 4) is 0 Å². The third-order valence-corrected chi connectivity index (χ3v) is 4.18. The Bertz CT molecular complexity index is 491. The molecule has 0 amide bonds. The standard InChI is InChI=1S/C15H20N2O2/c1-15(19-2)9-17(10-15)7-12-6-16-13(8-18)5-14(12)11-3-4-11/h5-6,8,11H,3-4,7,9-10H2,1-2H3. The van der Waals surface area contributed by atoms with Gasteiger partial charge in [-0.05, 0) is 42.9 Å². The number of ether oxygens (including phenoxy) is 1. The van der Waals surface area contributed by atoms with E-state index in [1.165, 1.54) is 24.0 Å². The lowest BCUT2D eigenvalue weighted by molar-refractivity contribution is -0.114. The normalized spacial score (nSPS) is 22.0. The molecule has 0 aromatic carbocycles. The average Bonchev–Trinajstić information content (AvgIpc) is 3.21. The van der Waals surface area contributed by atoms with E-state index in [1.54, 1.807) is 7.11 Å². The number of carbonyl (C=O) groups excluding carboxylic acids is 1. The van der Waals surface area contributed by atoms with Gasteiger partial charge < -0.3 is 4.74 Å². The Kier molecular flexibility index (Phi) is 3.15. The third kappa shape index (κ3) is 2.55. The van der Waals surface area contributed by atoms with Crippen molar-refractivity contribution in [3.63, 3.8) is 0 Å². The zero-order valence-corrected chi connectivity index (χ0v) is 11.6. The van der Waals surface area contributed by atoms with E-state index < -0.39 is 0 Å². The summed E-state index contributed by atoms with van der Waals surface area (Å²) >= 11 is 0. The minimum Gasteiger partial charge on any atom is -0.376 e. The number of hydrogen-bond acceptors (Lipinski definition) is 4. The van der Waals surface area contributed by atoms with Crippen molar-refractivity contribution >= 4 is 6.29 Å². The van der Waals surface area contributed by atoms with Crippen LogP contribution < -0.4 is 0 Å². The second-order valence-electron chi connectivity index (χ2n) is 6.00. The van der Waals surface area contributed by atoms with Crippen LogP contribution in [-0.4, -0.2) is 42.0 Å². The van der Waals surface area contributed by atoms with Crippen LogP contribution in [0.4, 0.5) is 0 Å². The lowest BCUT2D eigenvalue weighted by atomic mass is 9.94. The van der Waals surface area contributed by atoms with E-state index in [0.29, 0.717) is 11.6 Å². The number of rotatable bonds is 5. The van der Waals surface area contributed by atoms with Gasteiger partial charge in [0.1, 0.15) is 5.69 Å². The summed E-state index contributed by atoms with van der Waals surface area (Å²) in [6.45, 7) is 4.97. The SMILES string of the molecule is COC1(C)CN(Cc2cnc(C=O)cc2C2CC2)C1. The predicted octanol–water partition coefficient (Wildman–Crippen LogP) is 1.99. The molecule has 0 radical (unpaired) electrons. The van der Waals surface area contributed by atoms with Gasteiger partial charge in [-0.3, -0.25) is 14.7 Å². The summed E-state index contributed by atoms with van der Waals surface area (Å²) in [5, 5.41) is 0. The van der Waals surface area contributed by atoms with E-state index in [-0.39, 0.29) is 5.60 Å². The van der Waals surface area contributed by atoms with Crippen molar-refractivity contribution in [2.75, 3.05) is 20.2 Å². The largest absolute Gasteiger partial charge is 0.376 e. The van der Waals surface area contributed by atoms with Crippen molar-refractivity contribution in [2.45, 2.75) is 37.8 Å². The Morgan fingerprint density at radius 1 is 1.53 bits per heavy atom. The van der Waals surface area contributed by atoms with Crippen LogP contribution in [0.1, 0.15) is 47.3 Å². The number of nitrogens with zero attached hydrogens (tertiary/aromatic N) is 2. The molecule has 1 aromatic rings. The summed E-state index contributed by atoms with van der Waals surface area (Å²) in [7, 11) is 1.77. The van der Waals surface area contributed by atoms with Gasteiger partial charge in [0.25, 0.3) is 0 Å². The summed E-state index contributed by atoms with van der Waals surface area (Å²) in [6.07, 6.45) is 5.19. The molecule has 1 aliphatic heterocycles. The topological polar surface area (TPSA) is 42.4 Å². The van der Waals surface area contributed by atoms with E-state index in [4.69, 9.17) is 4.74 Å². The van der Waals surface area contributed by atoms with E-state index in [9.17, 15) is 4.79 Å². The zero-order valence-electron chi connectivity index (χ0n) is 11.6. The number of likely N-dealkylation sites (tertiary alicyclic amines) is 1. The molecule has 0 N–H and O–H groups in total. The maximum Gasteiger partial charge on any atom is 0.168 e. The van der Waals surface area contributed by atoms with E-state index in [2.05, 4.69) is 16.8 Å². The van der Waals surface area contributed by atoms with Crippen molar-refractivity contribution in [2.24, 2.45) is 0 Å². The molecule has 1 saturated heterocycles. The molecular weight excluding hydrogens is 240 g/mol. The van der Waals surface area contributed by atoms with E-state index >= 15 is 0 Å². The lowest BCUT2D eigenvalue weighted by Crippen LogP contribution is -2.60. The molecular formula is C15H20N2O2. The summed E-state index contributed by atoms with van der Waals surface area (Å²) in [4.78, 5) is 17.4. The number of carbonyl (C=O) groups is 1. The van der Waals surface area contributed by atoms with Crippen molar-refractivity contribution in [3.05, 3.63) is 29.1 Å². The average molecular weight is 260 g/mol. The second kappa shape index (κ2) is 4.69. The first-order valence-electron chi connectivity index (χ1n) is 6.85. The van der Waals surface area contributed by atoms with Crippen molar-refractivity contribution in [1.82, 2.24) is 9.88 Å². The van der Waals surface area contributed by atoms with Crippen LogP contribution in [0, 0.1) is 0 Å². The quantitative estimate of drug-likeness (QED) is 0.759. The van der Waals surface area contributed by atoms with Crippen LogP contribution in [0.5, 0.6) is 0 Å². The minimum absolute atomic E-state index is 0.00983. The Balaban J connectivity index is 1.72. The highest BCUT2D eigenvalue weighted by Crippen LogP contribution is 2.42. The fraction of sp³-hybridized carbons (Fsp3) is 0.600. The molecule has 19 heavy (non-hydrogen) atoms. The minimum atomic E-state index is 0.00983. The van der Waals surface area contributed by atoms with E-state index in [0.717, 1.165) is 25.9 Å². The Labute approximate surface area is 113 Å². The number of pyridine rings is 1. The second-order valence-corrected chi connectivity index (χ2v) is 6.00. The molecule has 0 spiro atoms. The number of aldehydes is 1. The molecule has 0 atom stereocenters. The van der Waals surface area contributed by atoms with Crippen LogP contribution in [-0.2, 0) is 11.3 Å². The first-order valence-corrected chi connectivity index (χ1v) is 6.85. The smallest absolute Gasteiger partial charge is 0.168 e. The monoisotopic (exact) mass is 260 g/mol. The van der Waals surface area contributed by atoms with Gasteiger partial charge in [0, 0.05) is 32.9 Å². The molecule has 2 aliphatic rings. The summed E-state index contributed by atoms with van der Waals surface area (Å²) in [6, 6.07) is 1.97. The Hall–Kier alpha value is -1.26. The first-order chi connectivity index (χ1) is 9.13. The highest BCUT2D eigenvalue weighted by atomic mass is 16.5. The molecule has 102 valence electrons. The van der Waals surface area contributed by atoms with Crippen LogP contribution in [0.25, 0.3) is 0 Å². The molecule has 4 heteroatoms. The lowest BCUT2D eigenvalue weighted by Gasteiger charge is -2.47. The number of methoxy groups -OCH3 is 1. The molecule has 0 unspecified atom stereocenters. The zero-order chi connectivity index (χ0) is 13.5.